The number of nitrogens with zero attached hydrogens (tertiary/aromatic N) is 2. The average molecular weight is 598 g/mol. The normalized spacial score (nSPS) is 18.0. The Morgan fingerprint density at radius 2 is 1.67 bits per heavy atom. The van der Waals surface area contributed by atoms with E-state index >= 15 is 0 Å². The second-order valence-corrected chi connectivity index (χ2v) is 12.3. The third-order valence-electron chi connectivity index (χ3n) is 7.41. The molecule has 0 aromatic heterocycles. The van der Waals surface area contributed by atoms with E-state index < -0.39 is 22.2 Å². The van der Waals surface area contributed by atoms with Crippen LogP contribution in [-0.2, 0) is 16.6 Å². The molecule has 0 bridgehead atoms. The van der Waals surface area contributed by atoms with E-state index in [0.717, 1.165) is 11.3 Å². The molecule has 0 spiro atoms. The summed E-state index contributed by atoms with van der Waals surface area (Å²) >= 11 is 0. The molecule has 0 radical (unpaired) electrons. The maximum Gasteiger partial charge on any atom is 0.262 e. The SMILES string of the molecule is COc1ccc(CN(C)C[C@H]2Oc3c(NS(=O)(=O)c4ccc(OC)cc4)cccc3C(=O)N([C@H](C)CO)C[C@@H]2C)cc1. The smallest absolute Gasteiger partial charge is 0.262 e. The number of nitrogens with one attached hydrogen (secondary N) is 1. The Kier molecular flexibility index (Phi) is 9.97. The molecule has 11 heteroatoms. The number of rotatable bonds is 11. The Balaban J connectivity index is 1.68. The standard InChI is InChI=1S/C31H39N3O7S/c1-21-17-34(22(2)20-35)31(36)27-7-6-8-28(32-42(37,38)26-15-13-25(40-5)14-16-26)30(27)41-29(21)19-33(3)18-23-9-11-24(39-4)12-10-23/h6-16,21-22,29,32,35H,17-20H2,1-5H3/t21-,22+,29+/m0/s1. The van der Waals surface area contributed by atoms with Gasteiger partial charge in [0.15, 0.2) is 5.75 Å². The van der Waals surface area contributed by atoms with Crippen LogP contribution in [-0.4, -0.2) is 82.3 Å². The van der Waals surface area contributed by atoms with Crippen LogP contribution in [0.1, 0.15) is 29.8 Å². The maximum absolute atomic E-state index is 13.7. The lowest BCUT2D eigenvalue weighted by atomic mass is 9.99. The van der Waals surface area contributed by atoms with Crippen molar-refractivity contribution in [2.24, 2.45) is 5.92 Å². The van der Waals surface area contributed by atoms with Crippen LogP contribution in [0.4, 0.5) is 5.69 Å². The van der Waals surface area contributed by atoms with Crippen LogP contribution >= 0.6 is 0 Å². The number of para-hydroxylation sites is 1. The van der Waals surface area contributed by atoms with Crippen LogP contribution in [0.2, 0.25) is 0 Å². The fourth-order valence-electron chi connectivity index (χ4n) is 4.91. The number of carbonyl (C=O) groups excluding carboxylic acids is 1. The molecule has 1 heterocycles. The van der Waals surface area contributed by atoms with E-state index in [2.05, 4.69) is 9.62 Å². The largest absolute Gasteiger partial charge is 0.497 e. The summed E-state index contributed by atoms with van der Waals surface area (Å²) in [6, 6.07) is 18.2. The van der Waals surface area contributed by atoms with Gasteiger partial charge in [0, 0.05) is 25.6 Å². The molecule has 0 aliphatic carbocycles. The Hall–Kier alpha value is -3.80. The molecule has 0 unspecified atom stereocenters. The average Bonchev–Trinajstić information content (AvgIpc) is 2.99. The number of benzene rings is 3. The lowest BCUT2D eigenvalue weighted by molar-refractivity contribution is 0.0344. The zero-order chi connectivity index (χ0) is 30.4. The molecule has 3 atom stereocenters. The molecule has 3 aromatic rings. The van der Waals surface area contributed by atoms with E-state index in [4.69, 9.17) is 14.2 Å². The number of fused-ring (bicyclic) bond motifs is 1. The van der Waals surface area contributed by atoms with Gasteiger partial charge in [0.05, 0.1) is 43.0 Å². The second-order valence-electron chi connectivity index (χ2n) is 10.6. The lowest BCUT2D eigenvalue weighted by Crippen LogP contribution is -2.49. The predicted octanol–water partition coefficient (Wildman–Crippen LogP) is 3.86. The van der Waals surface area contributed by atoms with Crippen LogP contribution in [0, 0.1) is 5.92 Å². The molecule has 4 rings (SSSR count). The van der Waals surface area contributed by atoms with Crippen molar-refractivity contribution in [1.29, 1.82) is 0 Å². The van der Waals surface area contributed by atoms with Crippen molar-refractivity contribution in [3.8, 4) is 17.2 Å². The minimum Gasteiger partial charge on any atom is -0.497 e. The van der Waals surface area contributed by atoms with Crippen molar-refractivity contribution < 1.29 is 32.5 Å². The van der Waals surface area contributed by atoms with Crippen molar-refractivity contribution in [2.75, 3.05) is 45.7 Å². The number of anilines is 1. The van der Waals surface area contributed by atoms with E-state index in [9.17, 15) is 18.3 Å². The molecule has 0 saturated carbocycles. The van der Waals surface area contributed by atoms with Gasteiger partial charge in [-0.3, -0.25) is 14.4 Å². The molecule has 0 saturated heterocycles. The third kappa shape index (κ3) is 7.15. The molecule has 42 heavy (non-hydrogen) atoms. The van der Waals surface area contributed by atoms with E-state index in [1.807, 2.05) is 38.2 Å². The van der Waals surface area contributed by atoms with Gasteiger partial charge in [0.1, 0.15) is 17.6 Å². The highest BCUT2D eigenvalue weighted by molar-refractivity contribution is 7.92. The van der Waals surface area contributed by atoms with Crippen LogP contribution in [0.25, 0.3) is 0 Å². The number of ether oxygens (including phenoxy) is 3. The van der Waals surface area contributed by atoms with Gasteiger partial charge < -0.3 is 24.2 Å². The number of aliphatic hydroxyl groups is 1. The first kappa shape index (κ1) is 31.1. The molecule has 3 aromatic carbocycles. The first-order valence-electron chi connectivity index (χ1n) is 13.8. The summed E-state index contributed by atoms with van der Waals surface area (Å²) < 4.78 is 46.3. The summed E-state index contributed by atoms with van der Waals surface area (Å²) in [5.41, 5.74) is 1.47. The zero-order valence-corrected chi connectivity index (χ0v) is 25.4. The van der Waals surface area contributed by atoms with Crippen LogP contribution < -0.4 is 18.9 Å². The first-order valence-corrected chi connectivity index (χ1v) is 15.2. The highest BCUT2D eigenvalue weighted by atomic mass is 32.2. The molecule has 2 N–H and O–H groups in total. The van der Waals surface area contributed by atoms with Gasteiger partial charge in [-0.25, -0.2) is 8.42 Å². The molecular weight excluding hydrogens is 558 g/mol. The maximum atomic E-state index is 13.7. The van der Waals surface area contributed by atoms with Gasteiger partial charge in [0.25, 0.3) is 15.9 Å². The van der Waals surface area contributed by atoms with Crippen LogP contribution in [0.15, 0.2) is 71.6 Å². The second kappa shape index (κ2) is 13.5. The minimum absolute atomic E-state index is 0.0396. The number of hydrogen-bond acceptors (Lipinski definition) is 8. The summed E-state index contributed by atoms with van der Waals surface area (Å²) in [6.07, 6.45) is -0.403. The van der Waals surface area contributed by atoms with Gasteiger partial charge in [-0.15, -0.1) is 0 Å². The number of hydrogen-bond donors (Lipinski definition) is 2. The molecule has 226 valence electrons. The third-order valence-corrected chi connectivity index (χ3v) is 8.79. The van der Waals surface area contributed by atoms with Crippen molar-refractivity contribution in [3.63, 3.8) is 0 Å². The quantitative estimate of drug-likeness (QED) is 0.342. The summed E-state index contributed by atoms with van der Waals surface area (Å²) in [4.78, 5) is 17.5. The fourth-order valence-corrected chi connectivity index (χ4v) is 5.98. The van der Waals surface area contributed by atoms with Gasteiger partial charge in [-0.2, -0.15) is 0 Å². The van der Waals surface area contributed by atoms with E-state index in [-0.39, 0.29) is 40.3 Å². The number of aliphatic hydroxyl groups excluding tert-OH is 1. The summed E-state index contributed by atoms with van der Waals surface area (Å²) in [5.74, 6) is 0.988. The molecule has 0 fully saturated rings. The van der Waals surface area contributed by atoms with Crippen molar-refractivity contribution >= 4 is 21.6 Å². The number of sulfonamides is 1. The molecular formula is C31H39N3O7S. The fraction of sp³-hybridized carbons (Fsp3) is 0.387. The van der Waals surface area contributed by atoms with Gasteiger partial charge in [0.2, 0.25) is 0 Å². The number of carbonyl (C=O) groups is 1. The Bertz CT molecular complexity index is 1460. The van der Waals surface area contributed by atoms with Crippen molar-refractivity contribution in [2.45, 2.75) is 37.4 Å². The lowest BCUT2D eigenvalue weighted by Gasteiger charge is -2.38. The first-order chi connectivity index (χ1) is 20.1. The van der Waals surface area contributed by atoms with Crippen molar-refractivity contribution in [1.82, 2.24) is 9.80 Å². The van der Waals surface area contributed by atoms with Gasteiger partial charge in [-0.1, -0.05) is 25.1 Å². The summed E-state index contributed by atoms with van der Waals surface area (Å²) in [6.45, 7) is 5.08. The molecule has 1 aliphatic rings. The van der Waals surface area contributed by atoms with Crippen molar-refractivity contribution in [3.05, 3.63) is 77.9 Å². The van der Waals surface area contributed by atoms with E-state index in [1.165, 1.54) is 19.2 Å². The van der Waals surface area contributed by atoms with E-state index in [0.29, 0.717) is 25.4 Å². The Morgan fingerprint density at radius 1 is 1.05 bits per heavy atom. The van der Waals surface area contributed by atoms with Gasteiger partial charge >= 0.3 is 0 Å². The highest BCUT2D eigenvalue weighted by Gasteiger charge is 2.35. The number of amides is 1. The van der Waals surface area contributed by atoms with Crippen LogP contribution in [0.3, 0.4) is 0 Å². The van der Waals surface area contributed by atoms with E-state index in [1.54, 1.807) is 49.3 Å². The topological polar surface area (TPSA) is 118 Å². The van der Waals surface area contributed by atoms with Crippen LogP contribution in [0.5, 0.6) is 17.2 Å². The predicted molar refractivity (Wildman–Crippen MR) is 161 cm³/mol. The Labute approximate surface area is 247 Å². The summed E-state index contributed by atoms with van der Waals surface area (Å²) in [7, 11) is 1.10. The number of likely N-dealkylation sites (N-methyl/N-ethyl adjacent to an activating group) is 1. The molecule has 1 aliphatic heterocycles. The summed E-state index contributed by atoms with van der Waals surface area (Å²) in [5, 5.41) is 9.94. The monoisotopic (exact) mass is 597 g/mol. The highest BCUT2D eigenvalue weighted by Crippen LogP contribution is 2.36. The molecule has 10 nitrogen and oxygen atoms in total. The zero-order valence-electron chi connectivity index (χ0n) is 24.6. The Morgan fingerprint density at radius 3 is 2.26 bits per heavy atom. The number of methoxy groups -OCH3 is 2. The minimum atomic E-state index is -4.02. The van der Waals surface area contributed by atoms with Gasteiger partial charge in [-0.05, 0) is 68.1 Å². The molecule has 1 amide bonds.